The number of aliphatic hydroxyl groups is 3. The third-order valence-corrected chi connectivity index (χ3v) is 17.6. The van der Waals surface area contributed by atoms with Crippen molar-refractivity contribution in [1.29, 1.82) is 0 Å². The van der Waals surface area contributed by atoms with Crippen molar-refractivity contribution in [2.24, 2.45) is 0 Å². The van der Waals surface area contributed by atoms with Crippen LogP contribution < -0.4 is 45.8 Å². The molecule has 2 aliphatic rings. The number of anilines is 4. The minimum atomic E-state index is -5.04. The molecule has 0 bridgehead atoms. The number of hydrogen-bond acceptors (Lipinski definition) is 24. The van der Waals surface area contributed by atoms with Crippen LogP contribution in [0.1, 0.15) is 70.7 Å². The summed E-state index contributed by atoms with van der Waals surface area (Å²) in [6.45, 7) is 10.3. The van der Waals surface area contributed by atoms with Crippen LogP contribution in [0, 0.1) is 29.1 Å². The Morgan fingerprint density at radius 3 is 1.43 bits per heavy atom. The van der Waals surface area contributed by atoms with E-state index in [0.29, 0.717) is 28.3 Å². The Morgan fingerprint density at radius 1 is 0.645 bits per heavy atom. The lowest BCUT2D eigenvalue weighted by Gasteiger charge is -2.25. The van der Waals surface area contributed by atoms with Gasteiger partial charge in [-0.2, -0.15) is 25.0 Å². The number of para-hydroxylation sites is 2. The van der Waals surface area contributed by atoms with Crippen molar-refractivity contribution in [2.75, 3.05) is 62.7 Å². The van der Waals surface area contributed by atoms with Crippen LogP contribution in [0.25, 0.3) is 22.3 Å². The summed E-state index contributed by atoms with van der Waals surface area (Å²) in [5.74, 6) is -12.5. The standard InChI is InChI=1S/C25H35FN7O7P.C18H17F5NO4P.C13H19FN6O3.2H2/c1-14(2)38-22(35)15(3)31-41(36,40-16-10-8-7-9-11-16)37-12-17-19(34)25(4,26)23(39-17)33-13-28-18-20(32(5)6)29-24(27)30-21(18)33;1-9(2)27-18(25)10(3)24-29(26,28-11-7-5-4-6-8-11)17-15(22)13(20)12(19)14(21)16(17)23;1-13(14)8(22)6(4-21)23-11(13)20-5-16-7-9(19(2)3)17-12(15)18-10(7)20;;/h7-11,13-15,17,19,23,34H,12H2,1-6H3,(H,31,36)(H2,27,29,30);4-10H,1-3H3,(H,24,26);5-6,8,11,21-22H,4H2,1-3H3,(H2,15,17,18);2*1H/t15-,17+,19+,23+,25+,41+;10-,29-;6-,8-,11-,13-;;/m001../s1. The molecule has 0 saturated carbocycles. The fraction of sp³-hybridized carbons (Fsp3) is 0.464. The van der Waals surface area contributed by atoms with Gasteiger partial charge in [-0.1, -0.05) is 36.4 Å². The quantitative estimate of drug-likeness (QED) is 0.0129. The van der Waals surface area contributed by atoms with Crippen molar-refractivity contribution < 1.29 is 100 Å². The predicted octanol–water partition coefficient (Wildman–Crippen LogP) is 6.75. The van der Waals surface area contributed by atoms with Crippen molar-refractivity contribution in [3.63, 3.8) is 0 Å². The van der Waals surface area contributed by atoms with Crippen molar-refractivity contribution in [2.45, 2.75) is 128 Å². The number of fused-ring (bicyclic) bond motifs is 2. The van der Waals surface area contributed by atoms with Gasteiger partial charge in [-0.15, -0.1) is 0 Å². The molecule has 4 aromatic heterocycles. The Bertz CT molecular complexity index is 3870. The Balaban J connectivity index is 0.000000267. The molecule has 2 saturated heterocycles. The van der Waals surface area contributed by atoms with Crippen LogP contribution in [-0.2, 0) is 42.2 Å². The minimum Gasteiger partial charge on any atom is -0.462 e. The second-order valence-corrected chi connectivity index (χ2v) is 26.1. The molecule has 6 heterocycles. The molecule has 0 spiro atoms. The summed E-state index contributed by atoms with van der Waals surface area (Å²) in [5.41, 5.74) is 8.40. The number of carbonyl (C=O) groups excluding carboxylic acids is 2. The first-order valence-electron chi connectivity index (χ1n) is 28.3. The zero-order valence-electron chi connectivity index (χ0n) is 52.1. The molecule has 37 heteroatoms. The average Bonchev–Trinajstić information content (AvgIpc) is 1.74. The van der Waals surface area contributed by atoms with Gasteiger partial charge in [0.05, 0.1) is 38.1 Å². The first-order chi connectivity index (χ1) is 43.5. The van der Waals surface area contributed by atoms with E-state index < -0.39 is 147 Å². The summed E-state index contributed by atoms with van der Waals surface area (Å²) in [6, 6.07) is 12.5. The number of nitrogens with zero attached hydrogens (tertiary/aromatic N) is 10. The van der Waals surface area contributed by atoms with Crippen molar-refractivity contribution in [3.8, 4) is 11.5 Å². The number of benzene rings is 3. The molecule has 9 N–H and O–H groups in total. The summed E-state index contributed by atoms with van der Waals surface area (Å²) in [5, 5.41) is 33.0. The molecule has 12 atom stereocenters. The van der Waals surface area contributed by atoms with Gasteiger partial charge in [0.2, 0.25) is 17.7 Å². The van der Waals surface area contributed by atoms with E-state index in [1.54, 1.807) is 88.2 Å². The van der Waals surface area contributed by atoms with Crippen LogP contribution >= 0.6 is 15.3 Å². The monoisotopic (exact) mass is 1360 g/mol. The van der Waals surface area contributed by atoms with E-state index in [0.717, 1.165) is 13.8 Å². The number of aliphatic hydroxyl groups excluding tert-OH is 3. The smallest absolute Gasteiger partial charge is 0.459 e. The van der Waals surface area contributed by atoms with Gasteiger partial charge in [0.1, 0.15) is 53.3 Å². The van der Waals surface area contributed by atoms with Crippen molar-refractivity contribution in [3.05, 3.63) is 102 Å². The van der Waals surface area contributed by atoms with E-state index in [1.165, 1.54) is 73.7 Å². The fourth-order valence-corrected chi connectivity index (χ4v) is 12.8. The summed E-state index contributed by atoms with van der Waals surface area (Å²) in [7, 11) is -2.29. The maximum atomic E-state index is 16.0. The first kappa shape index (κ1) is 72.6. The molecule has 0 unspecified atom stereocenters. The van der Waals surface area contributed by atoms with E-state index in [4.69, 9.17) is 44.0 Å². The molecule has 2 fully saturated rings. The number of nitrogen functional groups attached to an aromatic ring is 2. The number of nitrogens with two attached hydrogens (primary N) is 2. The lowest BCUT2D eigenvalue weighted by Crippen LogP contribution is -2.41. The normalized spacial score (nSPS) is 23.1. The highest BCUT2D eigenvalue weighted by Gasteiger charge is 2.57. The van der Waals surface area contributed by atoms with Crippen molar-refractivity contribution in [1.82, 2.24) is 49.2 Å². The SMILES string of the molecule is CC(C)OC(=O)[C@H](C)N[P@@](=O)(OC[C@H]1O[C@@H](n2cnc3c(N(C)C)nc(N)nc32)[C@](C)(F)[C@@H]1O)Oc1ccccc1.CC(C)OC(=O)[C@H](C)N[P@@](=O)(Oc1ccccc1)c1c(F)c(F)c(F)c(F)c1F.CN(C)c1nc(N)nc2c1ncn2[C@@H]1O[C@H](CO)[C@@H](O)[C@@]1(C)F.[HH].[HH]. The van der Waals surface area contributed by atoms with Crippen LogP contribution in [0.5, 0.6) is 11.5 Å². The van der Waals surface area contributed by atoms with Gasteiger partial charge in [0.25, 0.3) is 0 Å². The van der Waals surface area contributed by atoms with Gasteiger partial charge in [-0.3, -0.25) is 27.8 Å². The zero-order chi connectivity index (χ0) is 69.0. The summed E-state index contributed by atoms with van der Waals surface area (Å²) in [6.07, 6.45) is -6.40. The molecular weight excluding hydrogens is 1290 g/mol. The van der Waals surface area contributed by atoms with Crippen LogP contribution in [0.3, 0.4) is 0 Å². The predicted molar refractivity (Wildman–Crippen MR) is 327 cm³/mol. The summed E-state index contributed by atoms with van der Waals surface area (Å²) >= 11 is 0. The van der Waals surface area contributed by atoms with Gasteiger partial charge in [0.15, 0.2) is 81.0 Å². The van der Waals surface area contributed by atoms with Gasteiger partial charge in [0, 0.05) is 31.0 Å². The zero-order valence-corrected chi connectivity index (χ0v) is 53.9. The second kappa shape index (κ2) is 29.2. The Labute approximate surface area is 530 Å². The first-order valence-corrected chi connectivity index (χ1v) is 31.5. The van der Waals surface area contributed by atoms with Gasteiger partial charge in [-0.05, 0) is 79.7 Å². The van der Waals surface area contributed by atoms with Gasteiger partial charge < -0.3 is 64.6 Å². The number of alkyl halides is 2. The van der Waals surface area contributed by atoms with E-state index >= 15 is 4.39 Å². The summed E-state index contributed by atoms with van der Waals surface area (Å²) in [4.78, 5) is 52.9. The second-order valence-electron chi connectivity index (χ2n) is 22.4. The number of aromatic nitrogens is 8. The topological polar surface area (TPSA) is 363 Å². The number of hydrogen-bond donors (Lipinski definition) is 7. The number of ether oxygens (including phenoxy) is 4. The molecule has 7 aromatic rings. The summed E-state index contributed by atoms with van der Waals surface area (Å²) < 4.78 is 168. The van der Waals surface area contributed by atoms with Gasteiger partial charge in [-0.25, -0.2) is 50.4 Å². The van der Waals surface area contributed by atoms with Crippen LogP contribution in [0.4, 0.5) is 54.3 Å². The van der Waals surface area contributed by atoms with Crippen LogP contribution in [0.2, 0.25) is 0 Å². The fourth-order valence-electron chi connectivity index (χ4n) is 9.28. The van der Waals surface area contributed by atoms with Gasteiger partial charge >= 0.3 is 27.2 Å². The molecule has 2 aliphatic heterocycles. The maximum absolute atomic E-state index is 16.0. The highest BCUT2D eigenvalue weighted by atomic mass is 31.2. The number of nitrogens with one attached hydrogen (secondary N) is 2. The number of rotatable bonds is 21. The molecule has 0 radical (unpaired) electrons. The lowest BCUT2D eigenvalue weighted by molar-refractivity contribution is -0.149. The molecule has 3 aromatic carbocycles. The lowest BCUT2D eigenvalue weighted by atomic mass is 9.98. The molecule has 0 amide bonds. The largest absolute Gasteiger partial charge is 0.462 e. The molecular formula is C56H75F7N14O14P2. The van der Waals surface area contributed by atoms with Crippen molar-refractivity contribution >= 4 is 78.4 Å². The van der Waals surface area contributed by atoms with E-state index in [1.807, 2.05) is 5.09 Å². The molecule has 512 valence electrons. The third-order valence-electron chi connectivity index (χ3n) is 13.8. The Morgan fingerprint density at radius 2 is 1.03 bits per heavy atom. The Kier molecular flexibility index (Phi) is 22.8. The molecule has 93 heavy (non-hydrogen) atoms. The van der Waals surface area contributed by atoms with E-state index in [-0.39, 0.29) is 31.9 Å². The molecule has 9 rings (SSSR count). The highest BCUT2D eigenvalue weighted by molar-refractivity contribution is 7.65. The maximum Gasteiger partial charge on any atom is 0.459 e. The van der Waals surface area contributed by atoms with E-state index in [2.05, 4.69) is 35.0 Å². The highest BCUT2D eigenvalue weighted by Crippen LogP contribution is 2.50. The molecule has 28 nitrogen and oxygen atoms in total. The molecule has 0 aliphatic carbocycles. The number of halogens is 7. The third kappa shape index (κ3) is 16.0. The van der Waals surface area contributed by atoms with Crippen LogP contribution in [0.15, 0.2) is 73.3 Å². The van der Waals surface area contributed by atoms with Crippen LogP contribution in [-0.4, -0.2) is 168 Å². The number of imidazole rings is 2. The van der Waals surface area contributed by atoms with E-state index in [9.17, 15) is 60.4 Å². The average molecular weight is 1360 g/mol. The minimum absolute atomic E-state index is 0. The number of esters is 2. The number of carbonyl (C=O) groups is 2. The Hall–Kier alpha value is -7.85.